The molecule has 0 saturated carbocycles. The first-order chi connectivity index (χ1) is 10.7. The number of hydrogen-bond donors (Lipinski definition) is 1. The fraction of sp³-hybridized carbons (Fsp3) is 0.0625. The summed E-state index contributed by atoms with van der Waals surface area (Å²) in [5.74, 6) is 0.779. The summed E-state index contributed by atoms with van der Waals surface area (Å²) in [7, 11) is 0. The van der Waals surface area contributed by atoms with E-state index in [-0.39, 0.29) is 5.28 Å². The number of nitrogens with zero attached hydrogens (tertiary/aromatic N) is 3. The zero-order chi connectivity index (χ0) is 15.1. The van der Waals surface area contributed by atoms with Gasteiger partial charge in [-0.25, -0.2) is 9.97 Å². The van der Waals surface area contributed by atoms with Crippen molar-refractivity contribution in [1.82, 2.24) is 19.9 Å². The second kappa shape index (κ2) is 5.26. The molecule has 0 aliphatic carbocycles. The number of halogens is 1. The van der Waals surface area contributed by atoms with Gasteiger partial charge in [-0.15, -0.1) is 11.8 Å². The average Bonchev–Trinajstić information content (AvgIpc) is 2.96. The maximum absolute atomic E-state index is 5.83. The Morgan fingerprint density at radius 1 is 1.09 bits per heavy atom. The van der Waals surface area contributed by atoms with Crippen molar-refractivity contribution in [3.8, 4) is 11.4 Å². The topological polar surface area (TPSA) is 54.5 Å². The van der Waals surface area contributed by atoms with E-state index in [1.165, 1.54) is 10.8 Å². The van der Waals surface area contributed by atoms with Crippen LogP contribution in [-0.4, -0.2) is 26.2 Å². The highest BCUT2D eigenvalue weighted by molar-refractivity contribution is 7.98. The molecule has 4 nitrogen and oxygen atoms in total. The van der Waals surface area contributed by atoms with E-state index in [1.54, 1.807) is 18.0 Å². The summed E-state index contributed by atoms with van der Waals surface area (Å²) < 4.78 is 0. The van der Waals surface area contributed by atoms with Gasteiger partial charge in [0, 0.05) is 10.5 Å². The van der Waals surface area contributed by atoms with E-state index in [4.69, 9.17) is 11.6 Å². The molecule has 0 saturated heterocycles. The number of hydrogen-bond acceptors (Lipinski definition) is 4. The molecule has 1 N–H and O–H groups in total. The van der Waals surface area contributed by atoms with Crippen molar-refractivity contribution in [2.75, 3.05) is 6.26 Å². The molecule has 4 rings (SSSR count). The van der Waals surface area contributed by atoms with E-state index < -0.39 is 0 Å². The molecule has 2 aromatic carbocycles. The molecule has 6 heteroatoms. The molecule has 2 aromatic heterocycles. The third-order valence-electron chi connectivity index (χ3n) is 3.53. The van der Waals surface area contributed by atoms with Gasteiger partial charge in [0.25, 0.3) is 0 Å². The van der Waals surface area contributed by atoms with Gasteiger partial charge in [-0.2, -0.15) is 4.98 Å². The second-order valence-corrected chi connectivity index (χ2v) is 6.05. The van der Waals surface area contributed by atoms with Crippen molar-refractivity contribution in [3.05, 3.63) is 47.9 Å². The minimum atomic E-state index is 0.203. The lowest BCUT2D eigenvalue weighted by molar-refractivity contribution is 1.20. The number of benzene rings is 2. The first kappa shape index (κ1) is 13.5. The Kier molecular flexibility index (Phi) is 3.24. The third-order valence-corrected chi connectivity index (χ3v) is 4.49. The van der Waals surface area contributed by atoms with Crippen molar-refractivity contribution in [2.24, 2.45) is 0 Å². The highest BCUT2D eigenvalue weighted by atomic mass is 35.5. The predicted molar refractivity (Wildman–Crippen MR) is 91.4 cm³/mol. The normalized spacial score (nSPS) is 11.4. The fourth-order valence-corrected chi connectivity index (χ4v) is 3.24. The lowest BCUT2D eigenvalue weighted by atomic mass is 10.1. The fourth-order valence-electron chi connectivity index (χ4n) is 2.49. The van der Waals surface area contributed by atoms with Gasteiger partial charge in [-0.3, -0.25) is 0 Å². The van der Waals surface area contributed by atoms with E-state index in [9.17, 15) is 0 Å². The van der Waals surface area contributed by atoms with Gasteiger partial charge < -0.3 is 4.98 Å². The average molecular weight is 327 g/mol. The number of aromatic nitrogens is 4. The van der Waals surface area contributed by atoms with E-state index >= 15 is 0 Å². The minimum absolute atomic E-state index is 0.203. The maximum atomic E-state index is 5.83. The van der Waals surface area contributed by atoms with Crippen LogP contribution in [0.2, 0.25) is 5.28 Å². The number of fused-ring (bicyclic) bond motifs is 2. The number of aromatic amines is 1. The number of nitrogens with one attached hydrogen (secondary N) is 1. The summed E-state index contributed by atoms with van der Waals surface area (Å²) in [6.45, 7) is 0. The molecule has 0 bridgehead atoms. The Morgan fingerprint density at radius 2 is 1.86 bits per heavy atom. The van der Waals surface area contributed by atoms with Crippen molar-refractivity contribution in [3.63, 3.8) is 0 Å². The molecule has 0 aliphatic rings. The maximum Gasteiger partial charge on any atom is 0.224 e. The van der Waals surface area contributed by atoms with Crippen molar-refractivity contribution < 1.29 is 0 Å². The summed E-state index contributed by atoms with van der Waals surface area (Å²) in [6.07, 6.45) is 3.72. The van der Waals surface area contributed by atoms with Crippen molar-refractivity contribution in [2.45, 2.75) is 4.90 Å². The van der Waals surface area contributed by atoms with E-state index in [1.807, 2.05) is 12.1 Å². The Balaban J connectivity index is 1.97. The minimum Gasteiger partial charge on any atom is -0.335 e. The Labute approximate surface area is 136 Å². The number of thioether (sulfide) groups is 1. The van der Waals surface area contributed by atoms with Crippen LogP contribution in [0.25, 0.3) is 33.3 Å². The van der Waals surface area contributed by atoms with Crippen molar-refractivity contribution >= 4 is 45.3 Å². The van der Waals surface area contributed by atoms with Crippen LogP contribution >= 0.6 is 23.4 Å². The molecule has 0 spiro atoms. The lowest BCUT2D eigenvalue weighted by Crippen LogP contribution is -1.86. The molecule has 0 fully saturated rings. The van der Waals surface area contributed by atoms with Gasteiger partial charge in [0.2, 0.25) is 5.28 Å². The van der Waals surface area contributed by atoms with Crippen LogP contribution in [0.1, 0.15) is 0 Å². The lowest BCUT2D eigenvalue weighted by Gasteiger charge is -2.07. The summed E-state index contributed by atoms with van der Waals surface area (Å²) in [4.78, 5) is 17.1. The van der Waals surface area contributed by atoms with Gasteiger partial charge in [-0.05, 0) is 40.8 Å². The summed E-state index contributed by atoms with van der Waals surface area (Å²) in [6, 6.07) is 12.6. The summed E-state index contributed by atoms with van der Waals surface area (Å²) >= 11 is 7.53. The van der Waals surface area contributed by atoms with Crippen LogP contribution in [-0.2, 0) is 0 Å². The first-order valence-electron chi connectivity index (χ1n) is 6.70. The molecule has 0 unspecified atom stereocenters. The predicted octanol–water partition coefficient (Wildman–Crippen LogP) is 4.55. The molecular formula is C16H11ClN4S. The van der Waals surface area contributed by atoms with E-state index in [0.717, 1.165) is 21.8 Å². The van der Waals surface area contributed by atoms with Gasteiger partial charge >= 0.3 is 0 Å². The van der Waals surface area contributed by atoms with Crippen LogP contribution in [0, 0.1) is 0 Å². The Morgan fingerprint density at radius 3 is 2.64 bits per heavy atom. The van der Waals surface area contributed by atoms with E-state index in [0.29, 0.717) is 5.65 Å². The highest BCUT2D eigenvalue weighted by Crippen LogP contribution is 2.33. The monoisotopic (exact) mass is 326 g/mol. The first-order valence-corrected chi connectivity index (χ1v) is 8.30. The second-order valence-electron chi connectivity index (χ2n) is 4.86. The Bertz CT molecular complexity index is 996. The molecule has 108 valence electrons. The van der Waals surface area contributed by atoms with Crippen LogP contribution in [0.15, 0.2) is 47.5 Å². The molecule has 4 aromatic rings. The van der Waals surface area contributed by atoms with Crippen LogP contribution < -0.4 is 0 Å². The van der Waals surface area contributed by atoms with E-state index in [2.05, 4.69) is 50.5 Å². The number of rotatable bonds is 2. The Hall–Kier alpha value is -2.11. The SMILES string of the molecule is CSc1cc2ccccc2cc1-c1nc2nc(Cl)ncc2[nH]1. The largest absolute Gasteiger partial charge is 0.335 e. The third kappa shape index (κ3) is 2.23. The van der Waals surface area contributed by atoms with Crippen LogP contribution in [0.5, 0.6) is 0 Å². The zero-order valence-electron chi connectivity index (χ0n) is 11.7. The zero-order valence-corrected chi connectivity index (χ0v) is 13.2. The molecular weight excluding hydrogens is 316 g/mol. The number of imidazole rings is 1. The highest BCUT2D eigenvalue weighted by Gasteiger charge is 2.12. The number of H-pyrrole nitrogens is 1. The van der Waals surface area contributed by atoms with Gasteiger partial charge in [0.15, 0.2) is 5.65 Å². The molecule has 0 aliphatic heterocycles. The molecule has 0 atom stereocenters. The summed E-state index contributed by atoms with van der Waals surface area (Å²) in [5, 5.41) is 2.60. The quantitative estimate of drug-likeness (QED) is 0.434. The van der Waals surface area contributed by atoms with Crippen molar-refractivity contribution in [1.29, 1.82) is 0 Å². The standard InChI is InChI=1S/C16H11ClN4S/c1-22-13-7-10-5-3-2-4-9(10)6-11(13)14-19-12-8-18-16(17)21-15(12)20-14/h2-8H,1H3,(H,18,19,20,21). The smallest absolute Gasteiger partial charge is 0.224 e. The van der Waals surface area contributed by atoms with Gasteiger partial charge in [0.1, 0.15) is 11.3 Å². The van der Waals surface area contributed by atoms with Crippen LogP contribution in [0.3, 0.4) is 0 Å². The molecule has 2 heterocycles. The summed E-state index contributed by atoms with van der Waals surface area (Å²) in [5.41, 5.74) is 2.41. The molecule has 0 amide bonds. The molecule has 22 heavy (non-hydrogen) atoms. The van der Waals surface area contributed by atoms with Gasteiger partial charge in [0.05, 0.1) is 6.20 Å². The molecule has 0 radical (unpaired) electrons. The van der Waals surface area contributed by atoms with Crippen LogP contribution in [0.4, 0.5) is 0 Å². The van der Waals surface area contributed by atoms with Gasteiger partial charge in [-0.1, -0.05) is 24.3 Å².